The van der Waals surface area contributed by atoms with Crippen molar-refractivity contribution in [1.29, 1.82) is 0 Å². The van der Waals surface area contributed by atoms with Gasteiger partial charge in [-0.3, -0.25) is 4.31 Å². The minimum absolute atomic E-state index is 0.0850. The molecule has 1 aromatic carbocycles. The minimum Gasteiger partial charge on any atom is -0.478 e. The molecule has 112 valence electrons. The molecule has 2 rings (SSSR count). The van der Waals surface area contributed by atoms with E-state index in [2.05, 4.69) is 4.37 Å². The first-order chi connectivity index (χ1) is 9.75. The van der Waals surface area contributed by atoms with Crippen LogP contribution in [0.5, 0.6) is 0 Å². The molecule has 6 nitrogen and oxygen atoms in total. The average Bonchev–Trinajstić information content (AvgIpc) is 2.80. The predicted octanol–water partition coefficient (Wildman–Crippen LogP) is 2.28. The molecule has 8 heteroatoms. The monoisotopic (exact) mass is 326 g/mol. The minimum atomic E-state index is -3.81. The van der Waals surface area contributed by atoms with Crippen molar-refractivity contribution in [2.45, 2.75) is 18.7 Å². The van der Waals surface area contributed by atoms with Crippen LogP contribution >= 0.6 is 11.5 Å². The molecule has 0 aliphatic rings. The van der Waals surface area contributed by atoms with E-state index in [-0.39, 0.29) is 15.5 Å². The van der Waals surface area contributed by atoms with Crippen LogP contribution in [0.4, 0.5) is 5.00 Å². The third-order valence-electron chi connectivity index (χ3n) is 3.02. The second kappa shape index (κ2) is 5.45. The number of aryl methyl sites for hydroxylation is 2. The Morgan fingerprint density at radius 2 is 1.81 bits per heavy atom. The Labute approximate surface area is 126 Å². The molecule has 2 aromatic rings. The lowest BCUT2D eigenvalue weighted by Gasteiger charge is -2.18. The van der Waals surface area contributed by atoms with Gasteiger partial charge >= 0.3 is 5.97 Å². The number of hydrogen-bond donors (Lipinski definition) is 1. The Morgan fingerprint density at radius 1 is 1.24 bits per heavy atom. The van der Waals surface area contributed by atoms with Gasteiger partial charge in [0.15, 0.2) is 0 Å². The van der Waals surface area contributed by atoms with Gasteiger partial charge in [-0.15, -0.1) is 0 Å². The fourth-order valence-electron chi connectivity index (χ4n) is 1.80. The number of anilines is 1. The highest BCUT2D eigenvalue weighted by atomic mass is 32.2. The van der Waals surface area contributed by atoms with Gasteiger partial charge in [0.2, 0.25) is 0 Å². The standard InChI is InChI=1S/C13H14N2O4S2/c1-8-4-6-10(7-5-8)21(18,19)15(3)12-11(13(16)17)9(2)14-20-12/h4-7H,1-3H3,(H,16,17). The summed E-state index contributed by atoms with van der Waals surface area (Å²) in [6.07, 6.45) is 0. The van der Waals surface area contributed by atoms with Crippen molar-refractivity contribution in [3.05, 3.63) is 41.1 Å². The number of aromatic nitrogens is 1. The Hall–Kier alpha value is -1.93. The molecule has 0 aliphatic heterocycles. The highest BCUT2D eigenvalue weighted by molar-refractivity contribution is 7.93. The molecule has 1 aromatic heterocycles. The first-order valence-corrected chi connectivity index (χ1v) is 8.21. The van der Waals surface area contributed by atoms with E-state index < -0.39 is 16.0 Å². The number of carboxylic acids is 1. The number of rotatable bonds is 4. The van der Waals surface area contributed by atoms with Crippen LogP contribution < -0.4 is 4.31 Å². The van der Waals surface area contributed by atoms with Crippen LogP contribution in [0.25, 0.3) is 0 Å². The van der Waals surface area contributed by atoms with Gasteiger partial charge in [-0.1, -0.05) is 17.7 Å². The molecule has 0 saturated heterocycles. The normalized spacial score (nSPS) is 11.4. The fraction of sp³-hybridized carbons (Fsp3) is 0.231. The van der Waals surface area contributed by atoms with Crippen LogP contribution in [-0.2, 0) is 10.0 Å². The molecule has 0 fully saturated rings. The molecule has 0 saturated carbocycles. The van der Waals surface area contributed by atoms with E-state index in [1.165, 1.54) is 26.1 Å². The third-order valence-corrected chi connectivity index (χ3v) is 5.93. The lowest BCUT2D eigenvalue weighted by atomic mass is 10.2. The van der Waals surface area contributed by atoms with Gasteiger partial charge in [0.05, 0.1) is 10.6 Å². The van der Waals surface area contributed by atoms with Crippen molar-refractivity contribution in [1.82, 2.24) is 4.37 Å². The van der Waals surface area contributed by atoms with E-state index >= 15 is 0 Å². The van der Waals surface area contributed by atoms with Crippen LogP contribution in [0.15, 0.2) is 29.2 Å². The molecule has 0 atom stereocenters. The van der Waals surface area contributed by atoms with E-state index in [4.69, 9.17) is 0 Å². The van der Waals surface area contributed by atoms with Crippen molar-refractivity contribution in [2.24, 2.45) is 0 Å². The molecule has 1 N–H and O–H groups in total. The third kappa shape index (κ3) is 2.77. The first kappa shape index (κ1) is 15.5. The highest BCUT2D eigenvalue weighted by Crippen LogP contribution is 2.31. The predicted molar refractivity (Wildman–Crippen MR) is 80.6 cm³/mol. The summed E-state index contributed by atoms with van der Waals surface area (Å²) < 4.78 is 30.0. The number of sulfonamides is 1. The molecule has 1 heterocycles. The maximum Gasteiger partial charge on any atom is 0.340 e. The number of benzene rings is 1. The highest BCUT2D eigenvalue weighted by Gasteiger charge is 2.28. The largest absolute Gasteiger partial charge is 0.478 e. The van der Waals surface area contributed by atoms with Gasteiger partial charge < -0.3 is 5.11 Å². The molecule has 21 heavy (non-hydrogen) atoms. The topological polar surface area (TPSA) is 87.6 Å². The van der Waals surface area contributed by atoms with Crippen molar-refractivity contribution < 1.29 is 18.3 Å². The lowest BCUT2D eigenvalue weighted by Crippen LogP contribution is -2.27. The van der Waals surface area contributed by atoms with Gasteiger partial charge in [-0.2, -0.15) is 4.37 Å². The molecule has 0 spiro atoms. The van der Waals surface area contributed by atoms with E-state index in [0.717, 1.165) is 21.4 Å². The SMILES string of the molecule is Cc1ccc(S(=O)(=O)N(C)c2snc(C)c2C(=O)O)cc1. The van der Waals surface area contributed by atoms with E-state index in [1.54, 1.807) is 12.1 Å². The Morgan fingerprint density at radius 3 is 2.33 bits per heavy atom. The number of carboxylic acid groups (broad SMARTS) is 1. The molecular weight excluding hydrogens is 312 g/mol. The van der Waals surface area contributed by atoms with Gasteiger partial charge in [0.25, 0.3) is 10.0 Å². The summed E-state index contributed by atoms with van der Waals surface area (Å²) in [7, 11) is -2.48. The Kier molecular flexibility index (Phi) is 4.02. The van der Waals surface area contributed by atoms with Crippen molar-refractivity contribution in [3.63, 3.8) is 0 Å². The van der Waals surface area contributed by atoms with Crippen LogP contribution in [0.2, 0.25) is 0 Å². The zero-order valence-electron chi connectivity index (χ0n) is 11.7. The summed E-state index contributed by atoms with van der Waals surface area (Å²) in [6, 6.07) is 6.37. The summed E-state index contributed by atoms with van der Waals surface area (Å²) in [5, 5.41) is 9.30. The zero-order chi connectivity index (χ0) is 15.8. The van der Waals surface area contributed by atoms with Gasteiger partial charge in [0, 0.05) is 7.05 Å². The second-order valence-electron chi connectivity index (χ2n) is 4.54. The molecule has 0 radical (unpaired) electrons. The van der Waals surface area contributed by atoms with Crippen LogP contribution in [0.3, 0.4) is 0 Å². The van der Waals surface area contributed by atoms with Crippen LogP contribution in [-0.4, -0.2) is 30.9 Å². The summed E-state index contributed by atoms with van der Waals surface area (Å²) in [6.45, 7) is 3.39. The summed E-state index contributed by atoms with van der Waals surface area (Å²) in [4.78, 5) is 11.4. The smallest absolute Gasteiger partial charge is 0.340 e. The van der Waals surface area contributed by atoms with Crippen LogP contribution in [0, 0.1) is 13.8 Å². The van der Waals surface area contributed by atoms with Crippen molar-refractivity contribution in [2.75, 3.05) is 11.4 Å². The fourth-order valence-corrected chi connectivity index (χ4v) is 4.05. The Balaban J connectivity index is 2.51. The first-order valence-electron chi connectivity index (χ1n) is 6.00. The van der Waals surface area contributed by atoms with E-state index in [9.17, 15) is 18.3 Å². The van der Waals surface area contributed by atoms with E-state index in [0.29, 0.717) is 5.69 Å². The van der Waals surface area contributed by atoms with Gasteiger partial charge in [-0.25, -0.2) is 13.2 Å². The number of nitrogens with zero attached hydrogens (tertiary/aromatic N) is 2. The maximum absolute atomic E-state index is 12.5. The summed E-state index contributed by atoms with van der Waals surface area (Å²) in [5.41, 5.74) is 1.16. The number of hydrogen-bond acceptors (Lipinski definition) is 5. The maximum atomic E-state index is 12.5. The molecule has 0 aliphatic carbocycles. The second-order valence-corrected chi connectivity index (χ2v) is 7.26. The quantitative estimate of drug-likeness (QED) is 0.931. The lowest BCUT2D eigenvalue weighted by molar-refractivity contribution is 0.0697. The summed E-state index contributed by atoms with van der Waals surface area (Å²) >= 11 is 0.853. The molecule has 0 unspecified atom stereocenters. The number of carbonyl (C=O) groups is 1. The van der Waals surface area contributed by atoms with Crippen molar-refractivity contribution in [3.8, 4) is 0 Å². The molecule has 0 bridgehead atoms. The van der Waals surface area contributed by atoms with Crippen LogP contribution in [0.1, 0.15) is 21.6 Å². The average molecular weight is 326 g/mol. The van der Waals surface area contributed by atoms with Gasteiger partial charge in [0.1, 0.15) is 10.6 Å². The molecule has 0 amide bonds. The van der Waals surface area contributed by atoms with Gasteiger partial charge in [-0.05, 0) is 37.5 Å². The number of aromatic carboxylic acids is 1. The zero-order valence-corrected chi connectivity index (χ0v) is 13.3. The van der Waals surface area contributed by atoms with Crippen molar-refractivity contribution >= 4 is 32.5 Å². The van der Waals surface area contributed by atoms with E-state index in [1.807, 2.05) is 6.92 Å². The summed E-state index contributed by atoms with van der Waals surface area (Å²) in [5.74, 6) is -1.19. The molecular formula is C13H14N2O4S2. The Bertz CT molecular complexity index is 779.